The zero-order chi connectivity index (χ0) is 19.4. The molecule has 1 unspecified atom stereocenters. The fourth-order valence-electron chi connectivity index (χ4n) is 2.56. The summed E-state index contributed by atoms with van der Waals surface area (Å²) in [6.45, 7) is 3.12. The van der Waals surface area contributed by atoms with Gasteiger partial charge in [0.15, 0.2) is 0 Å². The van der Waals surface area contributed by atoms with Gasteiger partial charge in [-0.1, -0.05) is 6.07 Å². The van der Waals surface area contributed by atoms with Gasteiger partial charge in [-0.05, 0) is 42.8 Å². The van der Waals surface area contributed by atoms with Gasteiger partial charge in [-0.15, -0.1) is 0 Å². The van der Waals surface area contributed by atoms with Gasteiger partial charge in [0, 0.05) is 12.6 Å². The van der Waals surface area contributed by atoms with Gasteiger partial charge in [-0.3, -0.25) is 4.79 Å². The maximum absolute atomic E-state index is 11.0. The third-order valence-electron chi connectivity index (χ3n) is 3.87. The van der Waals surface area contributed by atoms with Crippen LogP contribution in [-0.4, -0.2) is 38.9 Å². The van der Waals surface area contributed by atoms with E-state index in [1.165, 1.54) is 13.3 Å². The summed E-state index contributed by atoms with van der Waals surface area (Å²) in [6.07, 6.45) is 0.207. The van der Waals surface area contributed by atoms with Crippen molar-refractivity contribution in [1.29, 1.82) is 0 Å². The fraction of sp³-hybridized carbons (Fsp3) is 0.211. The number of aromatic hydroxyl groups is 1. The molecule has 1 aromatic heterocycles. The highest BCUT2D eigenvalue weighted by Crippen LogP contribution is 2.32. The number of aryl methyl sites for hydroxylation is 1. The lowest BCUT2D eigenvalue weighted by atomic mass is 10.2. The number of carbonyl (C=O) groups excluding carboxylic acids is 1. The molecular weight excluding hydrogens is 348 g/mol. The Morgan fingerprint density at radius 3 is 2.81 bits per heavy atom. The molecule has 0 aliphatic carbocycles. The summed E-state index contributed by atoms with van der Waals surface area (Å²) in [5, 5.41) is 26.0. The molecule has 140 valence electrons. The predicted molar refractivity (Wildman–Crippen MR) is 101 cm³/mol. The monoisotopic (exact) mass is 368 g/mol. The molecule has 0 aliphatic heterocycles. The summed E-state index contributed by atoms with van der Waals surface area (Å²) in [5.41, 5.74) is 2.09. The number of hydrogen-bond acceptors (Lipinski definition) is 7. The van der Waals surface area contributed by atoms with Gasteiger partial charge in [-0.25, -0.2) is 9.97 Å². The Bertz CT molecular complexity index is 972. The topological polar surface area (TPSA) is 117 Å². The predicted octanol–water partition coefficient (Wildman–Crippen LogP) is 2.22. The molecule has 0 fully saturated rings. The number of phenols is 1. The van der Waals surface area contributed by atoms with Crippen LogP contribution in [-0.2, 0) is 4.79 Å². The average Bonchev–Trinajstić information content (AvgIpc) is 2.63. The van der Waals surface area contributed by atoms with E-state index in [1.807, 2.05) is 0 Å². The normalized spacial score (nSPS) is 11.8. The average molecular weight is 368 g/mol. The zero-order valence-electron chi connectivity index (χ0n) is 14.9. The minimum absolute atomic E-state index is 0.0423. The number of aliphatic hydroxyl groups excluding tert-OH is 1. The molecule has 8 heteroatoms. The first-order valence-corrected chi connectivity index (χ1v) is 8.33. The van der Waals surface area contributed by atoms with Crippen molar-refractivity contribution in [2.45, 2.75) is 20.1 Å². The van der Waals surface area contributed by atoms with Crippen LogP contribution < -0.4 is 15.4 Å². The third-order valence-corrected chi connectivity index (χ3v) is 3.87. The Kier molecular flexibility index (Phi) is 5.37. The molecule has 4 N–H and O–H groups in total. The number of anilines is 2. The molecule has 0 radical (unpaired) electrons. The molecule has 1 atom stereocenters. The number of carbonyl (C=O) groups is 1. The van der Waals surface area contributed by atoms with Crippen LogP contribution >= 0.6 is 0 Å². The largest absolute Gasteiger partial charge is 0.508 e. The van der Waals surface area contributed by atoms with Crippen LogP contribution in [0.1, 0.15) is 12.5 Å². The highest BCUT2D eigenvalue weighted by molar-refractivity contribution is 5.95. The highest BCUT2D eigenvalue weighted by Gasteiger charge is 2.14. The maximum Gasteiger partial charge on any atom is 0.217 e. The summed E-state index contributed by atoms with van der Waals surface area (Å²) in [5.74, 6) is 0.818. The van der Waals surface area contributed by atoms with E-state index in [2.05, 4.69) is 20.6 Å². The van der Waals surface area contributed by atoms with Crippen LogP contribution in [0, 0.1) is 6.92 Å². The minimum atomic E-state index is -1.22. The number of nitrogens with zero attached hydrogens (tertiary/aromatic N) is 2. The second-order valence-corrected chi connectivity index (χ2v) is 6.01. The summed E-state index contributed by atoms with van der Waals surface area (Å²) in [6, 6.07) is 10.4. The van der Waals surface area contributed by atoms with Gasteiger partial charge >= 0.3 is 0 Å². The Hall–Kier alpha value is -3.39. The molecule has 27 heavy (non-hydrogen) atoms. The SMILES string of the molecule is CC(=O)NCC(O)Oc1cccc2ncnc(Nc3ccc(O)c(C)c3)c12. The minimum Gasteiger partial charge on any atom is -0.508 e. The second-order valence-electron chi connectivity index (χ2n) is 6.01. The fourth-order valence-corrected chi connectivity index (χ4v) is 2.56. The Morgan fingerprint density at radius 2 is 2.07 bits per heavy atom. The molecule has 1 amide bonds. The number of nitrogens with one attached hydrogen (secondary N) is 2. The molecule has 3 aromatic rings. The van der Waals surface area contributed by atoms with Crippen molar-refractivity contribution in [2.24, 2.45) is 0 Å². The molecule has 0 bridgehead atoms. The summed E-state index contributed by atoms with van der Waals surface area (Å²) < 4.78 is 5.58. The van der Waals surface area contributed by atoms with Crippen LogP contribution in [0.3, 0.4) is 0 Å². The molecule has 2 aromatic carbocycles. The lowest BCUT2D eigenvalue weighted by Gasteiger charge is -2.17. The van der Waals surface area contributed by atoms with Gasteiger partial charge in [0.25, 0.3) is 0 Å². The molecule has 8 nitrogen and oxygen atoms in total. The number of ether oxygens (including phenoxy) is 1. The lowest BCUT2D eigenvalue weighted by molar-refractivity contribution is -0.120. The molecule has 0 saturated heterocycles. The van der Waals surface area contributed by atoms with E-state index in [0.717, 1.165) is 11.3 Å². The third kappa shape index (κ3) is 4.42. The number of amides is 1. The van der Waals surface area contributed by atoms with Gasteiger partial charge in [-0.2, -0.15) is 0 Å². The van der Waals surface area contributed by atoms with Crippen molar-refractivity contribution in [3.8, 4) is 11.5 Å². The number of benzene rings is 2. The first-order chi connectivity index (χ1) is 12.9. The number of fused-ring (bicyclic) bond motifs is 1. The Morgan fingerprint density at radius 1 is 1.26 bits per heavy atom. The first-order valence-electron chi connectivity index (χ1n) is 8.33. The smallest absolute Gasteiger partial charge is 0.217 e. The van der Waals surface area contributed by atoms with Gasteiger partial charge in [0.2, 0.25) is 12.2 Å². The van der Waals surface area contributed by atoms with Crippen molar-refractivity contribution < 1.29 is 19.7 Å². The number of phenolic OH excluding ortho intramolecular Hbond substituents is 1. The second kappa shape index (κ2) is 7.88. The van der Waals surface area contributed by atoms with Crippen LogP contribution in [0.25, 0.3) is 10.9 Å². The van der Waals surface area contributed by atoms with Gasteiger partial charge < -0.3 is 25.6 Å². The van der Waals surface area contributed by atoms with Crippen molar-refractivity contribution in [3.63, 3.8) is 0 Å². The lowest BCUT2D eigenvalue weighted by Crippen LogP contribution is -2.33. The number of rotatable bonds is 6. The van der Waals surface area contributed by atoms with E-state index in [0.29, 0.717) is 22.5 Å². The van der Waals surface area contributed by atoms with E-state index in [1.54, 1.807) is 43.3 Å². The molecule has 0 saturated carbocycles. The molecule has 3 rings (SSSR count). The van der Waals surface area contributed by atoms with E-state index in [9.17, 15) is 15.0 Å². The Balaban J connectivity index is 1.93. The first kappa shape index (κ1) is 18.4. The van der Waals surface area contributed by atoms with Gasteiger partial charge in [0.05, 0.1) is 17.4 Å². The molecule has 1 heterocycles. The van der Waals surface area contributed by atoms with Crippen LogP contribution in [0.15, 0.2) is 42.7 Å². The van der Waals surface area contributed by atoms with Crippen molar-refractivity contribution in [1.82, 2.24) is 15.3 Å². The van der Waals surface area contributed by atoms with E-state index in [4.69, 9.17) is 4.74 Å². The van der Waals surface area contributed by atoms with E-state index in [-0.39, 0.29) is 18.2 Å². The summed E-state index contributed by atoms with van der Waals surface area (Å²) in [7, 11) is 0. The number of aromatic nitrogens is 2. The van der Waals surface area contributed by atoms with E-state index >= 15 is 0 Å². The molecular formula is C19H20N4O4. The van der Waals surface area contributed by atoms with E-state index < -0.39 is 6.29 Å². The number of hydrogen-bond donors (Lipinski definition) is 4. The van der Waals surface area contributed by atoms with Crippen LogP contribution in [0.2, 0.25) is 0 Å². The maximum atomic E-state index is 11.0. The summed E-state index contributed by atoms with van der Waals surface area (Å²) >= 11 is 0. The number of aliphatic hydroxyl groups is 1. The molecule has 0 aliphatic rings. The quantitative estimate of drug-likeness (QED) is 0.389. The van der Waals surface area contributed by atoms with Crippen molar-refractivity contribution in [3.05, 3.63) is 48.3 Å². The van der Waals surface area contributed by atoms with Crippen molar-refractivity contribution >= 4 is 28.3 Å². The summed E-state index contributed by atoms with van der Waals surface area (Å²) in [4.78, 5) is 19.5. The standard InChI is InChI=1S/C19H20N4O4/c1-11-8-13(6-7-15(11)25)23-19-18-14(21-10-22-19)4-3-5-16(18)27-17(26)9-20-12(2)24/h3-8,10,17,25-26H,9H2,1-2H3,(H,20,24)(H,21,22,23). The zero-order valence-corrected chi connectivity index (χ0v) is 14.9. The Labute approximate surface area is 155 Å². The van der Waals surface area contributed by atoms with Crippen molar-refractivity contribution in [2.75, 3.05) is 11.9 Å². The van der Waals surface area contributed by atoms with Crippen LogP contribution in [0.4, 0.5) is 11.5 Å². The van der Waals surface area contributed by atoms with Gasteiger partial charge in [0.1, 0.15) is 23.6 Å². The molecule has 0 spiro atoms. The highest BCUT2D eigenvalue weighted by atomic mass is 16.6. The van der Waals surface area contributed by atoms with Crippen LogP contribution in [0.5, 0.6) is 11.5 Å².